The average molecular weight is 1090 g/mol. The highest BCUT2D eigenvalue weighted by Crippen LogP contribution is 2.62. The summed E-state index contributed by atoms with van der Waals surface area (Å²) in [6, 6.07) is -1.63. The Hall–Kier alpha value is -4.56. The number of hydrogen-bond donors (Lipinski definition) is 12. The Morgan fingerprint density at radius 3 is 2.13 bits per heavy atom. The summed E-state index contributed by atoms with van der Waals surface area (Å²) in [7, 11) is 0. The zero-order valence-corrected chi connectivity index (χ0v) is 43.3. The maximum Gasteiger partial charge on any atom is 0.335 e. The molecule has 0 radical (unpaired) electrons. The third-order valence-electron chi connectivity index (χ3n) is 14.6. The van der Waals surface area contributed by atoms with Gasteiger partial charge in [-0.25, -0.2) is 4.79 Å². The van der Waals surface area contributed by atoms with Gasteiger partial charge in [-0.15, -0.1) is 0 Å². The standard InChI is InChI=1S/C49H74N4O23/c1-8-19(2)14-10-13-16-66-34-20(3)26-42(49(26,41(34)63)53-24(7)57)70-39-32(61)31(60)38(43(64)65)74-47(39)73-36-28(52-23(6)56)45(68-21(4)35(36)71-46-33(62)30(59)29(58)25(18-54)69-46)72-37-27(51-22(5)55)44(76-48-40(37)75-48)67-17-12-9-11-15-50/h8,10,13,20-21,25-26,28-36,38-39,41-42,45-48,54,58-63H,9,11-12,14-18,50H2,1-7H3,(H,51,55)(H,52,56)(H,53,57)(H,64,65)/b13-10-,19-8-/t20?,21?,25?,26?,28?,29-,30?,31+,32?,33?,34-,35-,36?,38?,39?,41?,42-,45+,46+,47-,48?,49?/m1/s1. The molecule has 14 unspecified atom stereocenters. The molecule has 3 amide bonds. The number of carbonyl (C=O) groups excluding carboxylic acids is 3. The van der Waals surface area contributed by atoms with E-state index in [4.69, 9.17) is 57.8 Å². The first-order valence-corrected chi connectivity index (χ1v) is 25.5. The molecule has 5 aliphatic heterocycles. The lowest BCUT2D eigenvalue weighted by Crippen LogP contribution is -2.69. The molecule has 2 aliphatic carbocycles. The van der Waals surface area contributed by atoms with Crippen LogP contribution in [0.25, 0.3) is 0 Å². The molecule has 0 aromatic heterocycles. The Kier molecular flexibility index (Phi) is 19.5. The van der Waals surface area contributed by atoms with Gasteiger partial charge in [0, 0.05) is 26.7 Å². The predicted octanol–water partition coefficient (Wildman–Crippen LogP) is -3.03. The van der Waals surface area contributed by atoms with Crippen molar-refractivity contribution in [2.24, 2.45) is 17.6 Å². The van der Waals surface area contributed by atoms with Gasteiger partial charge >= 0.3 is 18.2 Å². The van der Waals surface area contributed by atoms with Crippen LogP contribution in [0.2, 0.25) is 0 Å². The molecule has 27 nitrogen and oxygen atoms in total. The molecule has 428 valence electrons. The van der Waals surface area contributed by atoms with Gasteiger partial charge in [0.05, 0.1) is 38.1 Å². The highest BCUT2D eigenvalue weighted by atomic mass is 16.8. The van der Waals surface area contributed by atoms with E-state index >= 15 is 0 Å². The number of aliphatic carboxylic acids is 1. The van der Waals surface area contributed by atoms with Gasteiger partial charge in [0.15, 0.2) is 30.1 Å². The Morgan fingerprint density at radius 1 is 0.763 bits per heavy atom. The van der Waals surface area contributed by atoms with Crippen LogP contribution in [0.4, 0.5) is 0 Å². The fourth-order valence-corrected chi connectivity index (χ4v) is 10.5. The van der Waals surface area contributed by atoms with Crippen LogP contribution in [0, 0.1) is 11.8 Å². The normalized spacial score (nSPS) is 40.8. The molecule has 22 atom stereocenters. The first-order valence-electron chi connectivity index (χ1n) is 25.5. The minimum Gasteiger partial charge on any atom is -0.479 e. The number of unbranched alkanes of at least 4 members (excludes halogenated alkanes) is 2. The Labute approximate surface area is 438 Å². The molecule has 0 bridgehead atoms. The molecule has 27 heteroatoms. The molecular weight excluding hydrogens is 1010 g/mol. The number of nitrogens with two attached hydrogens (primary N) is 1. The first-order chi connectivity index (χ1) is 36.1. The van der Waals surface area contributed by atoms with Gasteiger partial charge in [-0.05, 0) is 58.9 Å². The maximum atomic E-state index is 13.3. The number of rotatable bonds is 24. The number of aliphatic hydroxyl groups excluding tert-OH is 7. The number of nitrogens with one attached hydrogen (secondary N) is 3. The van der Waals surface area contributed by atoms with Gasteiger partial charge in [0.25, 0.3) is 0 Å². The van der Waals surface area contributed by atoms with Gasteiger partial charge < -0.3 is 115 Å². The molecule has 7 rings (SSSR count). The van der Waals surface area contributed by atoms with Crippen molar-refractivity contribution < 1.29 is 112 Å². The summed E-state index contributed by atoms with van der Waals surface area (Å²) >= 11 is 0. The van der Waals surface area contributed by atoms with E-state index in [-0.39, 0.29) is 36.4 Å². The molecular formula is C49H74N4O23. The summed E-state index contributed by atoms with van der Waals surface area (Å²) < 4.78 is 67.6. The van der Waals surface area contributed by atoms with E-state index in [1.54, 1.807) is 13.0 Å². The third kappa shape index (κ3) is 12.5. The van der Waals surface area contributed by atoms with Crippen molar-refractivity contribution in [1.82, 2.24) is 16.0 Å². The van der Waals surface area contributed by atoms with Crippen LogP contribution in [0.5, 0.6) is 0 Å². The van der Waals surface area contributed by atoms with Crippen molar-refractivity contribution >= 4 is 23.7 Å². The van der Waals surface area contributed by atoms with Crippen LogP contribution in [-0.2, 0) is 71.3 Å². The molecule has 7 aliphatic rings. The zero-order valence-electron chi connectivity index (χ0n) is 43.3. The molecule has 0 spiro atoms. The number of hydrogen-bond acceptors (Lipinski definition) is 23. The van der Waals surface area contributed by atoms with Crippen LogP contribution < -0.4 is 21.7 Å². The maximum absolute atomic E-state index is 13.3. The second kappa shape index (κ2) is 25.1. The number of fused-ring (bicyclic) bond motifs is 2. The monoisotopic (exact) mass is 1090 g/mol. The lowest BCUT2D eigenvalue weighted by molar-refractivity contribution is -0.371. The number of epoxide rings is 1. The third-order valence-corrected chi connectivity index (χ3v) is 14.6. The number of carbonyl (C=O) groups is 4. The van der Waals surface area contributed by atoms with E-state index < -0.39 is 164 Å². The van der Waals surface area contributed by atoms with Crippen LogP contribution in [0.15, 0.2) is 47.0 Å². The zero-order chi connectivity index (χ0) is 55.5. The Bertz CT molecular complexity index is 2210. The molecule has 0 aromatic carbocycles. The topological polar surface area (TPSA) is 397 Å². The van der Waals surface area contributed by atoms with Crippen molar-refractivity contribution in [3.8, 4) is 0 Å². The lowest BCUT2D eigenvalue weighted by atomic mass is 9.94. The van der Waals surface area contributed by atoms with E-state index in [1.807, 2.05) is 26.0 Å². The highest BCUT2D eigenvalue weighted by Gasteiger charge is 2.80. The summed E-state index contributed by atoms with van der Waals surface area (Å²) in [5.41, 5.74) is 5.12. The highest BCUT2D eigenvalue weighted by molar-refractivity contribution is 5.76. The Morgan fingerprint density at radius 2 is 1.49 bits per heavy atom. The quantitative estimate of drug-likeness (QED) is 0.0260. The van der Waals surface area contributed by atoms with Gasteiger partial charge in [-0.1, -0.05) is 30.7 Å². The van der Waals surface area contributed by atoms with Gasteiger partial charge in [0.2, 0.25) is 29.8 Å². The number of carboxylic acids is 1. The smallest absolute Gasteiger partial charge is 0.335 e. The van der Waals surface area contributed by atoms with E-state index in [2.05, 4.69) is 16.0 Å². The SMILES string of the molecule is C/C=C(/C)C/C=C\CO[C@@H]1C(C)C2[C@@H](OC3C(O)[C@H](O)C(C(=O)O)O[C@H]3OC3C(NC(C)=O)[C@H](OC4=C5OC5OC(OCCCCCN)=C4NC(C)=O)OC(C)[C@H]3O[C@@H]3OC(CO)[C@@H](O)C(O)C3O)C2(NC(C)=O)C1O. The molecule has 0 aromatic rings. The van der Waals surface area contributed by atoms with Crippen LogP contribution in [-0.4, -0.2) is 213 Å². The van der Waals surface area contributed by atoms with Gasteiger partial charge in [-0.2, -0.15) is 0 Å². The number of amides is 3. The fourth-order valence-electron chi connectivity index (χ4n) is 10.5. The summed E-state index contributed by atoms with van der Waals surface area (Å²) in [5, 5.41) is 96.2. The minimum absolute atomic E-state index is 0.0720. The second-order valence-electron chi connectivity index (χ2n) is 20.1. The molecule has 2 saturated carbocycles. The van der Waals surface area contributed by atoms with Crippen LogP contribution in [0.3, 0.4) is 0 Å². The molecule has 6 fully saturated rings. The van der Waals surface area contributed by atoms with E-state index in [9.17, 15) is 60.0 Å². The van der Waals surface area contributed by atoms with Crippen molar-refractivity contribution in [3.63, 3.8) is 0 Å². The number of ether oxygens (including phenoxy) is 11. The second-order valence-corrected chi connectivity index (χ2v) is 20.1. The lowest BCUT2D eigenvalue weighted by Gasteiger charge is -2.50. The summed E-state index contributed by atoms with van der Waals surface area (Å²) in [5.74, 6) is -5.13. The number of aliphatic hydroxyl groups is 7. The predicted molar refractivity (Wildman–Crippen MR) is 254 cm³/mol. The summed E-state index contributed by atoms with van der Waals surface area (Å²) in [6.45, 7) is 10.5. The van der Waals surface area contributed by atoms with Gasteiger partial charge in [0.1, 0.15) is 72.6 Å². The largest absolute Gasteiger partial charge is 0.479 e. The van der Waals surface area contributed by atoms with Crippen LogP contribution in [0.1, 0.15) is 74.1 Å². The summed E-state index contributed by atoms with van der Waals surface area (Å²) in [4.78, 5) is 51.6. The van der Waals surface area contributed by atoms with Crippen molar-refractivity contribution in [3.05, 3.63) is 47.0 Å². The first kappa shape index (κ1) is 59.1. The van der Waals surface area contributed by atoms with E-state index in [1.165, 1.54) is 20.8 Å². The fraction of sp³-hybridized carbons (Fsp3) is 0.755. The molecule has 76 heavy (non-hydrogen) atoms. The van der Waals surface area contributed by atoms with Crippen molar-refractivity contribution in [1.29, 1.82) is 0 Å². The summed E-state index contributed by atoms with van der Waals surface area (Å²) in [6.07, 6.45) is -21.9. The van der Waals surface area contributed by atoms with Crippen molar-refractivity contribution in [2.45, 2.75) is 196 Å². The molecule has 4 saturated heterocycles. The van der Waals surface area contributed by atoms with Gasteiger partial charge in [-0.3, -0.25) is 14.4 Å². The molecule has 5 heterocycles. The van der Waals surface area contributed by atoms with E-state index in [0.29, 0.717) is 25.8 Å². The average Bonchev–Trinajstić information content (AvgIpc) is 4.27. The number of carboxylic acid groups (broad SMARTS) is 1. The number of allylic oxidation sites excluding steroid dienone is 3. The Balaban J connectivity index is 1.25. The minimum atomic E-state index is -2.19. The van der Waals surface area contributed by atoms with E-state index in [0.717, 1.165) is 18.9 Å². The molecule has 13 N–H and O–H groups in total. The van der Waals surface area contributed by atoms with Crippen LogP contribution >= 0.6 is 0 Å². The van der Waals surface area contributed by atoms with Crippen molar-refractivity contribution in [2.75, 3.05) is 26.4 Å².